The minimum atomic E-state index is -0.154. The van der Waals surface area contributed by atoms with E-state index in [-0.39, 0.29) is 22.9 Å². The van der Waals surface area contributed by atoms with E-state index in [1.54, 1.807) is 13.8 Å². The van der Waals surface area contributed by atoms with Crippen LogP contribution >= 0.6 is 0 Å². The molecular weight excluding hydrogens is 192 g/mol. The summed E-state index contributed by atoms with van der Waals surface area (Å²) in [4.78, 5) is 22.8. The minimum Gasteiger partial charge on any atom is -0.507 e. The van der Waals surface area contributed by atoms with E-state index in [2.05, 4.69) is 0 Å². The Morgan fingerprint density at radius 3 is 2.27 bits per heavy atom. The number of carbonyl (C=O) groups excluding carboxylic acids is 2. The van der Waals surface area contributed by atoms with Crippen molar-refractivity contribution in [3.05, 3.63) is 29.3 Å². The van der Waals surface area contributed by atoms with Crippen LogP contribution in [0, 0.1) is 0 Å². The van der Waals surface area contributed by atoms with Gasteiger partial charge in [-0.15, -0.1) is 0 Å². The number of Topliss-reactive ketones (excluding diaryl/α,β-unsaturated/α-hetero) is 2. The highest BCUT2D eigenvalue weighted by molar-refractivity contribution is 6.02. The second kappa shape index (κ2) is 4.73. The molecule has 0 aliphatic rings. The zero-order valence-corrected chi connectivity index (χ0v) is 8.91. The molecule has 0 fully saturated rings. The quantitative estimate of drug-likeness (QED) is 0.770. The first kappa shape index (κ1) is 11.4. The molecule has 0 saturated carbocycles. The average molecular weight is 206 g/mol. The molecule has 0 saturated heterocycles. The first-order valence-corrected chi connectivity index (χ1v) is 4.99. The van der Waals surface area contributed by atoms with Gasteiger partial charge in [0.05, 0.1) is 5.56 Å². The van der Waals surface area contributed by atoms with Crippen molar-refractivity contribution in [1.29, 1.82) is 0 Å². The van der Waals surface area contributed by atoms with Crippen LogP contribution in [0.3, 0.4) is 0 Å². The first-order valence-electron chi connectivity index (χ1n) is 4.99. The lowest BCUT2D eigenvalue weighted by atomic mass is 10.0. The van der Waals surface area contributed by atoms with Crippen LogP contribution in [0.5, 0.6) is 5.75 Å². The van der Waals surface area contributed by atoms with E-state index in [0.717, 1.165) is 0 Å². The second-order valence-corrected chi connectivity index (χ2v) is 3.29. The third-order valence-corrected chi connectivity index (χ3v) is 2.26. The fourth-order valence-corrected chi connectivity index (χ4v) is 1.33. The third kappa shape index (κ3) is 2.43. The van der Waals surface area contributed by atoms with Gasteiger partial charge in [-0.05, 0) is 18.2 Å². The Labute approximate surface area is 88.7 Å². The Hall–Kier alpha value is -1.64. The molecule has 80 valence electrons. The van der Waals surface area contributed by atoms with Crippen LogP contribution < -0.4 is 0 Å². The number of ketones is 2. The van der Waals surface area contributed by atoms with Crippen LogP contribution in [0.15, 0.2) is 18.2 Å². The number of phenolic OH excluding ortho intramolecular Hbond substituents is 1. The Bertz CT molecular complexity index is 394. The number of carbonyl (C=O) groups is 2. The van der Waals surface area contributed by atoms with E-state index in [0.29, 0.717) is 18.4 Å². The van der Waals surface area contributed by atoms with Crippen molar-refractivity contribution in [3.8, 4) is 5.75 Å². The van der Waals surface area contributed by atoms with Gasteiger partial charge in [-0.25, -0.2) is 0 Å². The van der Waals surface area contributed by atoms with Crippen molar-refractivity contribution in [1.82, 2.24) is 0 Å². The van der Waals surface area contributed by atoms with Crippen molar-refractivity contribution in [2.24, 2.45) is 0 Å². The van der Waals surface area contributed by atoms with Gasteiger partial charge in [-0.2, -0.15) is 0 Å². The standard InChI is InChI=1S/C12H14O3/c1-3-10(13)8-5-6-12(15)9(7-8)11(14)4-2/h5-7,15H,3-4H2,1-2H3. The van der Waals surface area contributed by atoms with Crippen molar-refractivity contribution in [2.75, 3.05) is 0 Å². The molecule has 1 N–H and O–H groups in total. The molecule has 0 aliphatic carbocycles. The Morgan fingerprint density at radius 1 is 1.13 bits per heavy atom. The highest BCUT2D eigenvalue weighted by Gasteiger charge is 2.12. The molecule has 3 nitrogen and oxygen atoms in total. The summed E-state index contributed by atoms with van der Waals surface area (Å²) in [5, 5.41) is 9.46. The molecule has 0 amide bonds. The normalized spacial score (nSPS) is 10.0. The number of aromatic hydroxyl groups is 1. The van der Waals surface area contributed by atoms with Gasteiger partial charge in [0.2, 0.25) is 0 Å². The van der Waals surface area contributed by atoms with Crippen molar-refractivity contribution < 1.29 is 14.7 Å². The lowest BCUT2D eigenvalue weighted by Gasteiger charge is -2.04. The average Bonchev–Trinajstić information content (AvgIpc) is 2.27. The summed E-state index contributed by atoms with van der Waals surface area (Å²) in [6.07, 6.45) is 0.710. The molecule has 0 heterocycles. The molecule has 0 atom stereocenters. The van der Waals surface area contributed by atoms with Crippen molar-refractivity contribution >= 4 is 11.6 Å². The van der Waals surface area contributed by atoms with E-state index >= 15 is 0 Å². The second-order valence-electron chi connectivity index (χ2n) is 3.29. The van der Waals surface area contributed by atoms with Crippen LogP contribution in [0.1, 0.15) is 47.4 Å². The smallest absolute Gasteiger partial charge is 0.166 e. The minimum absolute atomic E-state index is 0.0276. The van der Waals surface area contributed by atoms with Crippen molar-refractivity contribution in [3.63, 3.8) is 0 Å². The summed E-state index contributed by atoms with van der Waals surface area (Å²) in [7, 11) is 0. The molecule has 0 unspecified atom stereocenters. The van der Waals surface area contributed by atoms with Crippen LogP contribution in [-0.4, -0.2) is 16.7 Å². The molecule has 0 aliphatic heterocycles. The fourth-order valence-electron chi connectivity index (χ4n) is 1.33. The molecule has 3 heteroatoms. The van der Waals surface area contributed by atoms with E-state index < -0.39 is 0 Å². The van der Waals surface area contributed by atoms with Crippen molar-refractivity contribution in [2.45, 2.75) is 26.7 Å². The highest BCUT2D eigenvalue weighted by Crippen LogP contribution is 2.20. The Kier molecular flexibility index (Phi) is 3.61. The maximum absolute atomic E-state index is 11.4. The van der Waals surface area contributed by atoms with Crippen LogP contribution in [0.2, 0.25) is 0 Å². The Balaban J connectivity index is 3.16. The number of benzene rings is 1. The monoisotopic (exact) mass is 206 g/mol. The number of hydrogen-bond donors (Lipinski definition) is 1. The predicted octanol–water partition coefficient (Wildman–Crippen LogP) is 2.58. The number of phenols is 1. The molecule has 0 radical (unpaired) electrons. The molecule has 1 rings (SSSR count). The summed E-state index contributed by atoms with van der Waals surface area (Å²) in [5.74, 6) is -0.243. The SMILES string of the molecule is CCC(=O)c1ccc(O)c(C(=O)CC)c1. The predicted molar refractivity (Wildman–Crippen MR) is 57.3 cm³/mol. The van der Waals surface area contributed by atoms with Crippen LogP contribution in [0.25, 0.3) is 0 Å². The summed E-state index contributed by atoms with van der Waals surface area (Å²) in [6, 6.07) is 4.40. The molecule has 15 heavy (non-hydrogen) atoms. The molecule has 0 spiro atoms. The Morgan fingerprint density at radius 2 is 1.73 bits per heavy atom. The van der Waals surface area contributed by atoms with Crippen LogP contribution in [-0.2, 0) is 0 Å². The van der Waals surface area contributed by atoms with E-state index in [1.165, 1.54) is 18.2 Å². The molecule has 1 aromatic carbocycles. The highest BCUT2D eigenvalue weighted by atomic mass is 16.3. The molecule has 0 bridgehead atoms. The van der Waals surface area contributed by atoms with Gasteiger partial charge in [0.1, 0.15) is 5.75 Å². The van der Waals surface area contributed by atoms with Crippen LogP contribution in [0.4, 0.5) is 0 Å². The molecular formula is C12H14O3. The summed E-state index contributed by atoms with van der Waals surface area (Å²) >= 11 is 0. The van der Waals surface area contributed by atoms with E-state index in [1.807, 2.05) is 0 Å². The third-order valence-electron chi connectivity index (χ3n) is 2.26. The summed E-state index contributed by atoms with van der Waals surface area (Å²) in [5.41, 5.74) is 0.712. The van der Waals surface area contributed by atoms with Gasteiger partial charge >= 0.3 is 0 Å². The zero-order chi connectivity index (χ0) is 11.4. The summed E-state index contributed by atoms with van der Waals surface area (Å²) < 4.78 is 0. The number of hydrogen-bond acceptors (Lipinski definition) is 3. The zero-order valence-electron chi connectivity index (χ0n) is 8.91. The summed E-state index contributed by atoms with van der Waals surface area (Å²) in [6.45, 7) is 3.48. The van der Waals surface area contributed by atoms with Gasteiger partial charge in [0.15, 0.2) is 11.6 Å². The van der Waals surface area contributed by atoms with Gasteiger partial charge in [0.25, 0.3) is 0 Å². The lowest BCUT2D eigenvalue weighted by Crippen LogP contribution is -2.02. The van der Waals surface area contributed by atoms with E-state index in [9.17, 15) is 14.7 Å². The van der Waals surface area contributed by atoms with Gasteiger partial charge in [-0.1, -0.05) is 13.8 Å². The van der Waals surface area contributed by atoms with Gasteiger partial charge in [0, 0.05) is 18.4 Å². The molecule has 0 aromatic heterocycles. The largest absolute Gasteiger partial charge is 0.507 e. The van der Waals surface area contributed by atoms with Gasteiger partial charge < -0.3 is 5.11 Å². The maximum atomic E-state index is 11.4. The topological polar surface area (TPSA) is 54.4 Å². The van der Waals surface area contributed by atoms with Gasteiger partial charge in [-0.3, -0.25) is 9.59 Å². The lowest BCUT2D eigenvalue weighted by molar-refractivity contribution is 0.0985. The molecule has 1 aromatic rings. The number of rotatable bonds is 4. The maximum Gasteiger partial charge on any atom is 0.166 e. The fraction of sp³-hybridized carbons (Fsp3) is 0.333. The van der Waals surface area contributed by atoms with E-state index in [4.69, 9.17) is 0 Å². The first-order chi connectivity index (χ1) is 7.10.